The van der Waals surface area contributed by atoms with Crippen LogP contribution in [0.2, 0.25) is 0 Å². The van der Waals surface area contributed by atoms with Gasteiger partial charge in [-0.05, 0) is 57.1 Å². The highest BCUT2D eigenvalue weighted by atomic mass is 127. The van der Waals surface area contributed by atoms with Gasteiger partial charge in [-0.3, -0.25) is 0 Å². The third-order valence-electron chi connectivity index (χ3n) is 3.74. The number of rotatable bonds is 10. The molecule has 0 amide bonds. The lowest BCUT2D eigenvalue weighted by Gasteiger charge is -2.18. The lowest BCUT2D eigenvalue weighted by molar-refractivity contribution is 0.297. The minimum Gasteiger partial charge on any atom is -0.357 e. The van der Waals surface area contributed by atoms with Gasteiger partial charge in [0.2, 0.25) is 0 Å². The smallest absolute Gasteiger partial charge is 0.191 e. The zero-order valence-corrected chi connectivity index (χ0v) is 17.5. The fourth-order valence-electron chi connectivity index (χ4n) is 2.35. The molecule has 1 aromatic rings. The molecule has 0 bridgehead atoms. The molecule has 0 radical (unpaired) electrons. The molecule has 0 fully saturated rings. The van der Waals surface area contributed by atoms with Crippen LogP contribution in [0, 0.1) is 5.82 Å². The number of guanidine groups is 1. The van der Waals surface area contributed by atoms with E-state index in [9.17, 15) is 4.39 Å². The van der Waals surface area contributed by atoms with Crippen molar-refractivity contribution in [2.75, 3.05) is 32.7 Å². The van der Waals surface area contributed by atoms with Gasteiger partial charge in [0.15, 0.2) is 5.96 Å². The van der Waals surface area contributed by atoms with Crippen LogP contribution in [-0.4, -0.2) is 43.6 Å². The quantitative estimate of drug-likeness (QED) is 0.248. The lowest BCUT2D eigenvalue weighted by atomic mass is 10.2. The van der Waals surface area contributed by atoms with E-state index in [1.54, 1.807) is 6.07 Å². The summed E-state index contributed by atoms with van der Waals surface area (Å²) in [6.07, 6.45) is 2.29. The first-order chi connectivity index (χ1) is 11.2. The maximum absolute atomic E-state index is 13.2. The van der Waals surface area contributed by atoms with Crippen molar-refractivity contribution in [3.63, 3.8) is 0 Å². The zero-order chi connectivity index (χ0) is 16.9. The Kier molecular flexibility index (Phi) is 13.9. The van der Waals surface area contributed by atoms with Crippen LogP contribution in [0.5, 0.6) is 0 Å². The molecule has 1 rings (SSSR count). The van der Waals surface area contributed by atoms with Crippen molar-refractivity contribution in [3.8, 4) is 0 Å². The van der Waals surface area contributed by atoms with E-state index in [1.807, 2.05) is 13.0 Å². The number of benzene rings is 1. The summed E-state index contributed by atoms with van der Waals surface area (Å²) >= 11 is 0. The molecule has 0 saturated carbocycles. The molecular weight excluding hydrogens is 418 g/mol. The molecule has 0 aliphatic rings. The molecule has 0 saturated heterocycles. The third-order valence-corrected chi connectivity index (χ3v) is 3.74. The van der Waals surface area contributed by atoms with Gasteiger partial charge in [-0.15, -0.1) is 24.0 Å². The highest BCUT2D eigenvalue weighted by Gasteiger charge is 2.00. The summed E-state index contributed by atoms with van der Waals surface area (Å²) in [5, 5.41) is 6.57. The number of unbranched alkanes of at least 4 members (excludes halogenated alkanes) is 1. The maximum atomic E-state index is 13.2. The molecule has 2 N–H and O–H groups in total. The van der Waals surface area contributed by atoms with E-state index in [4.69, 9.17) is 0 Å². The Morgan fingerprint density at radius 3 is 2.50 bits per heavy atom. The Morgan fingerprint density at radius 2 is 1.88 bits per heavy atom. The van der Waals surface area contributed by atoms with Crippen molar-refractivity contribution in [1.29, 1.82) is 0 Å². The monoisotopic (exact) mass is 450 g/mol. The molecule has 0 aliphatic heterocycles. The first-order valence-corrected chi connectivity index (χ1v) is 8.68. The van der Waals surface area contributed by atoms with E-state index in [0.29, 0.717) is 6.54 Å². The Bertz CT molecular complexity index is 464. The van der Waals surface area contributed by atoms with Gasteiger partial charge in [0.1, 0.15) is 5.82 Å². The van der Waals surface area contributed by atoms with Gasteiger partial charge >= 0.3 is 0 Å². The Morgan fingerprint density at radius 1 is 1.12 bits per heavy atom. The predicted molar refractivity (Wildman–Crippen MR) is 112 cm³/mol. The average Bonchev–Trinajstić information content (AvgIpc) is 2.56. The summed E-state index contributed by atoms with van der Waals surface area (Å²) in [6.45, 7) is 12.0. The molecule has 0 spiro atoms. The summed E-state index contributed by atoms with van der Waals surface area (Å²) in [4.78, 5) is 6.94. The molecule has 6 heteroatoms. The van der Waals surface area contributed by atoms with Gasteiger partial charge in [-0.1, -0.05) is 26.0 Å². The molecule has 24 heavy (non-hydrogen) atoms. The summed E-state index contributed by atoms with van der Waals surface area (Å²) in [5.41, 5.74) is 0.878. The van der Waals surface area contributed by atoms with Crippen LogP contribution in [0.25, 0.3) is 0 Å². The average molecular weight is 450 g/mol. The Balaban J connectivity index is 0.00000529. The van der Waals surface area contributed by atoms with Gasteiger partial charge < -0.3 is 15.5 Å². The van der Waals surface area contributed by atoms with Crippen LogP contribution in [0.4, 0.5) is 4.39 Å². The fraction of sp³-hybridized carbons (Fsp3) is 0.611. The standard InChI is InChI=1S/C18H31FN4.HI/c1-4-20-18(21-12-7-8-13-23(5-2)6-3)22-15-16-10-9-11-17(19)14-16;/h9-11,14H,4-8,12-13,15H2,1-3H3,(H2,20,21,22);1H. The Hall–Kier alpha value is -0.890. The van der Waals surface area contributed by atoms with Crippen molar-refractivity contribution in [3.05, 3.63) is 35.6 Å². The Labute approximate surface area is 163 Å². The number of nitrogens with zero attached hydrogens (tertiary/aromatic N) is 2. The molecular formula is C18H32FIN4. The summed E-state index contributed by atoms with van der Waals surface area (Å²) in [5.74, 6) is 0.576. The molecule has 1 aromatic carbocycles. The van der Waals surface area contributed by atoms with Crippen LogP contribution in [-0.2, 0) is 6.54 Å². The van der Waals surface area contributed by atoms with E-state index < -0.39 is 0 Å². The van der Waals surface area contributed by atoms with Gasteiger partial charge in [0.05, 0.1) is 6.54 Å². The zero-order valence-electron chi connectivity index (χ0n) is 15.1. The van der Waals surface area contributed by atoms with Crippen molar-refractivity contribution >= 4 is 29.9 Å². The van der Waals surface area contributed by atoms with Crippen molar-refractivity contribution in [1.82, 2.24) is 15.5 Å². The van der Waals surface area contributed by atoms with Gasteiger partial charge in [0, 0.05) is 13.1 Å². The largest absolute Gasteiger partial charge is 0.357 e. The molecule has 0 atom stereocenters. The second kappa shape index (κ2) is 14.5. The number of aliphatic imine (C=N–C) groups is 1. The number of hydrogen-bond acceptors (Lipinski definition) is 2. The SMILES string of the molecule is CCNC(=NCc1cccc(F)c1)NCCCCN(CC)CC.I. The van der Waals surface area contributed by atoms with Crippen LogP contribution in [0.1, 0.15) is 39.2 Å². The highest BCUT2D eigenvalue weighted by molar-refractivity contribution is 14.0. The van der Waals surface area contributed by atoms with Gasteiger partial charge in [-0.25, -0.2) is 9.38 Å². The minimum absolute atomic E-state index is 0. The molecule has 0 aromatic heterocycles. The first kappa shape index (κ1) is 23.1. The van der Waals surface area contributed by atoms with E-state index in [-0.39, 0.29) is 29.8 Å². The lowest BCUT2D eigenvalue weighted by Crippen LogP contribution is -2.38. The molecule has 0 heterocycles. The van der Waals surface area contributed by atoms with Crippen molar-refractivity contribution in [2.24, 2.45) is 4.99 Å². The van der Waals surface area contributed by atoms with Gasteiger partial charge in [-0.2, -0.15) is 0 Å². The molecule has 0 aliphatic carbocycles. The first-order valence-electron chi connectivity index (χ1n) is 8.68. The summed E-state index contributed by atoms with van der Waals surface area (Å²) in [7, 11) is 0. The van der Waals surface area contributed by atoms with Crippen molar-refractivity contribution < 1.29 is 4.39 Å². The normalized spacial score (nSPS) is 11.3. The minimum atomic E-state index is -0.216. The van der Waals surface area contributed by atoms with E-state index >= 15 is 0 Å². The molecule has 0 unspecified atom stereocenters. The van der Waals surface area contributed by atoms with Crippen LogP contribution >= 0.6 is 24.0 Å². The second-order valence-electron chi connectivity index (χ2n) is 5.49. The topological polar surface area (TPSA) is 39.7 Å². The molecule has 138 valence electrons. The predicted octanol–water partition coefficient (Wildman–Crippen LogP) is 3.62. The second-order valence-corrected chi connectivity index (χ2v) is 5.49. The van der Waals surface area contributed by atoms with E-state index in [1.165, 1.54) is 18.6 Å². The maximum Gasteiger partial charge on any atom is 0.191 e. The fourth-order valence-corrected chi connectivity index (χ4v) is 2.35. The van der Waals surface area contributed by atoms with E-state index in [2.05, 4.69) is 34.4 Å². The van der Waals surface area contributed by atoms with Gasteiger partial charge in [0.25, 0.3) is 0 Å². The van der Waals surface area contributed by atoms with Crippen LogP contribution in [0.3, 0.4) is 0 Å². The highest BCUT2D eigenvalue weighted by Crippen LogP contribution is 2.04. The van der Waals surface area contributed by atoms with Crippen LogP contribution < -0.4 is 10.6 Å². The number of nitrogens with one attached hydrogen (secondary N) is 2. The van der Waals surface area contributed by atoms with Crippen molar-refractivity contribution in [2.45, 2.75) is 40.2 Å². The number of halogens is 2. The summed E-state index contributed by atoms with van der Waals surface area (Å²) in [6, 6.07) is 6.58. The number of hydrogen-bond donors (Lipinski definition) is 2. The van der Waals surface area contributed by atoms with E-state index in [0.717, 1.165) is 50.7 Å². The summed E-state index contributed by atoms with van der Waals surface area (Å²) < 4.78 is 13.2. The van der Waals surface area contributed by atoms with Crippen LogP contribution in [0.15, 0.2) is 29.3 Å². The third kappa shape index (κ3) is 10.1. The molecule has 4 nitrogen and oxygen atoms in total.